The number of amides is 2. The van der Waals surface area contributed by atoms with E-state index in [-0.39, 0.29) is 17.0 Å². The molecule has 1 saturated heterocycles. The Bertz CT molecular complexity index is 1120. The highest BCUT2D eigenvalue weighted by Gasteiger charge is 2.43. The minimum atomic E-state index is -1.17. The smallest absolute Gasteiger partial charge is 0.324 e. The molecule has 13 nitrogen and oxygen atoms in total. The minimum Gasteiger partial charge on any atom is -0.387 e. The third-order valence-corrected chi connectivity index (χ3v) is 5.56. The Labute approximate surface area is 187 Å². The predicted octanol–water partition coefficient (Wildman–Crippen LogP) is 1.43. The molecule has 2 amide bonds. The third-order valence-electron chi connectivity index (χ3n) is 4.69. The molecule has 0 saturated carbocycles. The lowest BCUT2D eigenvalue weighted by molar-refractivity contribution is -0.384. The molecule has 4 rings (SSSR count). The lowest BCUT2D eigenvalue weighted by Crippen LogP contribution is -2.32. The largest absolute Gasteiger partial charge is 0.387 e. The van der Waals surface area contributed by atoms with Gasteiger partial charge in [0.15, 0.2) is 23.2 Å². The average molecular weight is 541 g/mol. The van der Waals surface area contributed by atoms with Crippen LogP contribution >= 0.6 is 22.6 Å². The molecule has 162 valence electrons. The molecule has 31 heavy (non-hydrogen) atoms. The first kappa shape index (κ1) is 21.3. The number of carbonyl (C=O) groups is 1. The van der Waals surface area contributed by atoms with Crippen molar-refractivity contribution >= 4 is 57.0 Å². The lowest BCUT2D eigenvalue weighted by atomic mass is 10.1. The van der Waals surface area contributed by atoms with Crippen LogP contribution in [0.2, 0.25) is 0 Å². The van der Waals surface area contributed by atoms with Crippen LogP contribution in [0.15, 0.2) is 36.9 Å². The van der Waals surface area contributed by atoms with Crippen LogP contribution in [0.5, 0.6) is 0 Å². The first-order valence-corrected chi connectivity index (χ1v) is 10.5. The summed E-state index contributed by atoms with van der Waals surface area (Å²) in [7, 11) is 0. The summed E-state index contributed by atoms with van der Waals surface area (Å²) in [4.78, 5) is 34.9. The van der Waals surface area contributed by atoms with Gasteiger partial charge >= 0.3 is 6.03 Å². The first-order valence-electron chi connectivity index (χ1n) is 8.96. The zero-order chi connectivity index (χ0) is 22.1. The molecule has 0 bridgehead atoms. The number of nitro groups is 1. The maximum Gasteiger partial charge on any atom is 0.324 e. The van der Waals surface area contributed by atoms with Crippen LogP contribution in [0.1, 0.15) is 6.23 Å². The van der Waals surface area contributed by atoms with Gasteiger partial charge in [0.1, 0.15) is 18.5 Å². The van der Waals surface area contributed by atoms with E-state index in [2.05, 4.69) is 48.2 Å². The van der Waals surface area contributed by atoms with E-state index in [1.807, 2.05) is 0 Å². The van der Waals surface area contributed by atoms with Crippen molar-refractivity contribution in [3.63, 3.8) is 0 Å². The van der Waals surface area contributed by atoms with Gasteiger partial charge in [-0.1, -0.05) is 22.6 Å². The molecule has 4 atom stereocenters. The number of anilines is 2. The van der Waals surface area contributed by atoms with Crippen LogP contribution < -0.4 is 10.6 Å². The molecule has 1 aliphatic rings. The minimum absolute atomic E-state index is 0.0970. The Kier molecular flexibility index (Phi) is 5.94. The Morgan fingerprint density at radius 2 is 1.94 bits per heavy atom. The number of hydrogen-bond donors (Lipinski definition) is 4. The van der Waals surface area contributed by atoms with E-state index in [0.29, 0.717) is 15.8 Å². The number of non-ortho nitro benzene ring substituents is 1. The number of aromatic nitrogens is 4. The number of ether oxygens (including phenoxy) is 1. The number of alkyl halides is 1. The average Bonchev–Trinajstić information content (AvgIpc) is 3.30. The monoisotopic (exact) mass is 541 g/mol. The molecule has 1 aromatic carbocycles. The zero-order valence-corrected chi connectivity index (χ0v) is 17.8. The normalized spacial score (nSPS) is 23.1. The number of benzene rings is 1. The summed E-state index contributed by atoms with van der Waals surface area (Å²) in [6.45, 7) is 0. The summed E-state index contributed by atoms with van der Waals surface area (Å²) < 4.78 is 7.68. The van der Waals surface area contributed by atoms with Gasteiger partial charge in [0, 0.05) is 22.2 Å². The summed E-state index contributed by atoms with van der Waals surface area (Å²) >= 11 is 2.06. The number of hydrogen-bond acceptors (Lipinski definition) is 9. The summed E-state index contributed by atoms with van der Waals surface area (Å²) in [6, 6.07) is 4.70. The SMILES string of the molecule is O=C(Nc1ccc([N+](=O)[O-])cc1)Nc1ncnc2c1ncn2C1OC(CI)C(O)C1O. The van der Waals surface area contributed by atoms with Crippen LogP contribution in [0.3, 0.4) is 0 Å². The van der Waals surface area contributed by atoms with Crippen molar-refractivity contribution in [3.8, 4) is 0 Å². The predicted molar refractivity (Wildman–Crippen MR) is 116 cm³/mol. The van der Waals surface area contributed by atoms with Crippen molar-refractivity contribution in [2.45, 2.75) is 24.5 Å². The Hall–Kier alpha value is -2.95. The molecule has 1 aliphatic heterocycles. The standard InChI is InChI=1S/C17H16IN7O6/c18-5-10-12(26)13(27)16(31-10)24-7-21-11-14(19-6-20-15(11)24)23-17(28)22-8-1-3-9(4-2-8)25(29)30/h1-4,6-7,10,12-13,16,26-27H,5H2,(H2,19,20,22,23,28). The molecule has 0 spiro atoms. The van der Waals surface area contributed by atoms with Crippen molar-refractivity contribution in [1.82, 2.24) is 19.5 Å². The van der Waals surface area contributed by atoms with Gasteiger partial charge < -0.3 is 20.3 Å². The number of rotatable bonds is 5. The molecule has 0 aliphatic carbocycles. The van der Waals surface area contributed by atoms with Crippen molar-refractivity contribution in [2.75, 3.05) is 15.1 Å². The van der Waals surface area contributed by atoms with Crippen LogP contribution in [-0.2, 0) is 4.74 Å². The summed E-state index contributed by atoms with van der Waals surface area (Å²) in [6.07, 6.45) is -1.05. The number of urea groups is 1. The van der Waals surface area contributed by atoms with Gasteiger partial charge in [-0.15, -0.1) is 0 Å². The number of carbonyl (C=O) groups excluding carboxylic acids is 1. The maximum absolute atomic E-state index is 12.3. The van der Waals surface area contributed by atoms with E-state index in [0.717, 1.165) is 0 Å². The van der Waals surface area contributed by atoms with Gasteiger partial charge in [0.05, 0.1) is 17.4 Å². The zero-order valence-electron chi connectivity index (χ0n) is 15.6. The number of imidazole rings is 1. The molecule has 3 aromatic rings. The summed E-state index contributed by atoms with van der Waals surface area (Å²) in [5, 5.41) is 36.2. The molecular formula is C17H16IN7O6. The van der Waals surface area contributed by atoms with Gasteiger partial charge in [-0.25, -0.2) is 19.7 Å². The Morgan fingerprint density at radius 3 is 2.58 bits per heavy atom. The van der Waals surface area contributed by atoms with Gasteiger partial charge in [-0.3, -0.25) is 20.0 Å². The maximum atomic E-state index is 12.3. The van der Waals surface area contributed by atoms with Gasteiger partial charge in [0.25, 0.3) is 5.69 Å². The highest BCUT2D eigenvalue weighted by molar-refractivity contribution is 14.1. The molecule has 14 heteroatoms. The number of nitro benzene ring substituents is 1. The fraction of sp³-hybridized carbons (Fsp3) is 0.294. The van der Waals surface area contributed by atoms with E-state index in [4.69, 9.17) is 4.74 Å². The molecular weight excluding hydrogens is 525 g/mol. The van der Waals surface area contributed by atoms with E-state index in [9.17, 15) is 25.1 Å². The second-order valence-corrected chi connectivity index (χ2v) is 7.51. The van der Waals surface area contributed by atoms with Gasteiger partial charge in [0.2, 0.25) is 0 Å². The molecule has 1 fully saturated rings. The van der Waals surface area contributed by atoms with Crippen LogP contribution in [0.4, 0.5) is 22.0 Å². The fourth-order valence-electron chi connectivity index (χ4n) is 3.15. The summed E-state index contributed by atoms with van der Waals surface area (Å²) in [5.74, 6) is 0.113. The van der Waals surface area contributed by atoms with Gasteiger partial charge in [-0.05, 0) is 12.1 Å². The number of aliphatic hydroxyl groups excluding tert-OH is 2. The number of aliphatic hydroxyl groups is 2. The summed E-state index contributed by atoms with van der Waals surface area (Å²) in [5.41, 5.74) is 0.802. The molecule has 4 unspecified atom stereocenters. The number of halogens is 1. The Morgan fingerprint density at radius 1 is 1.19 bits per heavy atom. The number of nitrogens with one attached hydrogen (secondary N) is 2. The lowest BCUT2D eigenvalue weighted by Gasteiger charge is -2.16. The van der Waals surface area contributed by atoms with Crippen molar-refractivity contribution in [3.05, 3.63) is 47.0 Å². The van der Waals surface area contributed by atoms with E-state index in [1.54, 1.807) is 0 Å². The van der Waals surface area contributed by atoms with Gasteiger partial charge in [-0.2, -0.15) is 0 Å². The molecule has 4 N–H and O–H groups in total. The molecule has 3 heterocycles. The van der Waals surface area contributed by atoms with Crippen LogP contribution in [0, 0.1) is 10.1 Å². The number of nitrogens with zero attached hydrogens (tertiary/aromatic N) is 5. The first-order chi connectivity index (χ1) is 14.9. The topological polar surface area (TPSA) is 178 Å². The van der Waals surface area contributed by atoms with E-state index in [1.165, 1.54) is 41.5 Å². The van der Waals surface area contributed by atoms with Crippen molar-refractivity contribution in [2.24, 2.45) is 0 Å². The van der Waals surface area contributed by atoms with E-state index < -0.39 is 35.5 Å². The Balaban J connectivity index is 1.53. The molecule has 2 aromatic heterocycles. The van der Waals surface area contributed by atoms with Crippen molar-refractivity contribution in [1.29, 1.82) is 0 Å². The van der Waals surface area contributed by atoms with E-state index >= 15 is 0 Å². The second-order valence-electron chi connectivity index (χ2n) is 6.63. The highest BCUT2D eigenvalue weighted by Crippen LogP contribution is 2.33. The quantitative estimate of drug-likeness (QED) is 0.161. The fourth-order valence-corrected chi connectivity index (χ4v) is 3.88. The van der Waals surface area contributed by atoms with Crippen LogP contribution in [-0.4, -0.2) is 63.4 Å². The highest BCUT2D eigenvalue weighted by atomic mass is 127. The second kappa shape index (κ2) is 8.66. The van der Waals surface area contributed by atoms with Crippen molar-refractivity contribution < 1.29 is 24.7 Å². The van der Waals surface area contributed by atoms with Crippen LogP contribution in [0.25, 0.3) is 11.2 Å². The third kappa shape index (κ3) is 4.14. The molecule has 0 radical (unpaired) electrons. The number of fused-ring (bicyclic) bond motifs is 1.